The molecule has 0 saturated heterocycles. The molecule has 1 unspecified atom stereocenters. The Kier molecular flexibility index (Phi) is 4.00. The first-order chi connectivity index (χ1) is 8.20. The quantitative estimate of drug-likeness (QED) is 0.819. The van der Waals surface area contributed by atoms with Crippen LogP contribution >= 0.6 is 0 Å². The molecule has 1 aliphatic rings. The Bertz CT molecular complexity index is 376. The molecule has 1 fully saturated rings. The molecule has 0 spiro atoms. The van der Waals surface area contributed by atoms with Crippen molar-refractivity contribution in [2.45, 2.75) is 32.7 Å². The van der Waals surface area contributed by atoms with Crippen molar-refractivity contribution in [2.24, 2.45) is 5.92 Å². The van der Waals surface area contributed by atoms with Gasteiger partial charge < -0.3 is 10.1 Å². The van der Waals surface area contributed by atoms with Crippen molar-refractivity contribution in [3.8, 4) is 5.75 Å². The Morgan fingerprint density at radius 3 is 2.88 bits per heavy atom. The lowest BCUT2D eigenvalue weighted by atomic mass is 10.1. The molecule has 1 aromatic carbocycles. The highest BCUT2D eigenvalue weighted by molar-refractivity contribution is 5.36. The van der Waals surface area contributed by atoms with Crippen LogP contribution < -0.4 is 10.1 Å². The van der Waals surface area contributed by atoms with Gasteiger partial charge in [0.1, 0.15) is 11.6 Å². The molecule has 0 amide bonds. The van der Waals surface area contributed by atoms with E-state index < -0.39 is 0 Å². The van der Waals surface area contributed by atoms with Crippen LogP contribution in [0.4, 0.5) is 4.39 Å². The van der Waals surface area contributed by atoms with Gasteiger partial charge in [0.25, 0.3) is 0 Å². The van der Waals surface area contributed by atoms with Gasteiger partial charge in [-0.25, -0.2) is 4.39 Å². The number of halogens is 1. The van der Waals surface area contributed by atoms with Crippen LogP contribution in [0.1, 0.15) is 38.3 Å². The number of hydrogen-bond donors (Lipinski definition) is 1. The van der Waals surface area contributed by atoms with Gasteiger partial charge in [0.15, 0.2) is 0 Å². The summed E-state index contributed by atoms with van der Waals surface area (Å²) in [7, 11) is 0. The summed E-state index contributed by atoms with van der Waals surface area (Å²) in [5, 5.41) is 3.29. The second-order valence-corrected chi connectivity index (χ2v) is 4.72. The molecular formula is C14H20FNO. The summed E-state index contributed by atoms with van der Waals surface area (Å²) in [4.78, 5) is 0. The van der Waals surface area contributed by atoms with Gasteiger partial charge >= 0.3 is 0 Å². The van der Waals surface area contributed by atoms with Gasteiger partial charge in [0.05, 0.1) is 6.61 Å². The number of nitrogens with one attached hydrogen (secondary N) is 1. The van der Waals surface area contributed by atoms with Crippen LogP contribution in [0.3, 0.4) is 0 Å². The van der Waals surface area contributed by atoms with Gasteiger partial charge in [-0.2, -0.15) is 0 Å². The maximum absolute atomic E-state index is 13.3. The van der Waals surface area contributed by atoms with Crippen LogP contribution in [0.2, 0.25) is 0 Å². The van der Waals surface area contributed by atoms with Crippen LogP contribution in [0, 0.1) is 11.7 Å². The largest absolute Gasteiger partial charge is 0.493 e. The summed E-state index contributed by atoms with van der Waals surface area (Å²) in [6.45, 7) is 5.69. The highest BCUT2D eigenvalue weighted by Crippen LogP contribution is 2.32. The van der Waals surface area contributed by atoms with Crippen molar-refractivity contribution in [1.29, 1.82) is 0 Å². The van der Waals surface area contributed by atoms with Crippen LogP contribution in [-0.2, 0) is 0 Å². The van der Waals surface area contributed by atoms with Crippen molar-refractivity contribution in [3.63, 3.8) is 0 Å². The van der Waals surface area contributed by atoms with E-state index in [2.05, 4.69) is 5.32 Å². The summed E-state index contributed by atoms with van der Waals surface area (Å²) in [6.07, 6.45) is 2.53. The molecule has 0 bridgehead atoms. The van der Waals surface area contributed by atoms with Gasteiger partial charge in [-0.05, 0) is 50.4 Å². The normalized spacial score (nSPS) is 16.9. The first-order valence-corrected chi connectivity index (χ1v) is 6.36. The van der Waals surface area contributed by atoms with Crippen molar-refractivity contribution in [1.82, 2.24) is 5.32 Å². The van der Waals surface area contributed by atoms with Crippen LogP contribution in [-0.4, -0.2) is 13.2 Å². The molecule has 1 aromatic rings. The van der Waals surface area contributed by atoms with E-state index in [9.17, 15) is 4.39 Å². The molecule has 2 rings (SSSR count). The Balaban J connectivity index is 2.10. The molecule has 3 heteroatoms. The SMILES string of the molecule is CCNC(C)c1cc(F)ccc1OCC1CC1. The van der Waals surface area contributed by atoms with E-state index in [4.69, 9.17) is 4.74 Å². The maximum atomic E-state index is 13.3. The van der Waals surface area contributed by atoms with E-state index in [1.165, 1.54) is 18.9 Å². The average Bonchev–Trinajstić information content (AvgIpc) is 3.11. The molecule has 1 N–H and O–H groups in total. The Labute approximate surface area is 102 Å². The summed E-state index contributed by atoms with van der Waals surface area (Å²) in [6, 6.07) is 4.88. The van der Waals surface area contributed by atoms with Crippen molar-refractivity contribution in [2.75, 3.05) is 13.2 Å². The summed E-state index contributed by atoms with van der Waals surface area (Å²) < 4.78 is 19.1. The third-order valence-electron chi connectivity index (χ3n) is 3.12. The molecular weight excluding hydrogens is 217 g/mol. The molecule has 0 aromatic heterocycles. The monoisotopic (exact) mass is 237 g/mol. The van der Waals surface area contributed by atoms with Gasteiger partial charge in [-0.15, -0.1) is 0 Å². The Hall–Kier alpha value is -1.09. The van der Waals surface area contributed by atoms with E-state index >= 15 is 0 Å². The van der Waals surface area contributed by atoms with Gasteiger partial charge in [0, 0.05) is 11.6 Å². The minimum atomic E-state index is -0.205. The summed E-state index contributed by atoms with van der Waals surface area (Å²) >= 11 is 0. The molecule has 0 heterocycles. The van der Waals surface area contributed by atoms with Crippen molar-refractivity contribution >= 4 is 0 Å². The lowest BCUT2D eigenvalue weighted by Gasteiger charge is -2.17. The molecule has 17 heavy (non-hydrogen) atoms. The molecule has 0 radical (unpaired) electrons. The van der Waals surface area contributed by atoms with E-state index in [1.54, 1.807) is 12.1 Å². The molecule has 2 nitrogen and oxygen atoms in total. The highest BCUT2D eigenvalue weighted by Gasteiger charge is 2.23. The van der Waals surface area contributed by atoms with Gasteiger partial charge in [-0.3, -0.25) is 0 Å². The minimum absolute atomic E-state index is 0.116. The number of benzene rings is 1. The van der Waals surface area contributed by atoms with Gasteiger partial charge in [0.2, 0.25) is 0 Å². The number of ether oxygens (including phenoxy) is 1. The third-order valence-corrected chi connectivity index (χ3v) is 3.12. The number of rotatable bonds is 6. The highest BCUT2D eigenvalue weighted by atomic mass is 19.1. The topological polar surface area (TPSA) is 21.3 Å². The Morgan fingerprint density at radius 1 is 1.47 bits per heavy atom. The zero-order valence-corrected chi connectivity index (χ0v) is 10.5. The molecule has 0 aliphatic heterocycles. The maximum Gasteiger partial charge on any atom is 0.124 e. The van der Waals surface area contributed by atoms with Crippen LogP contribution in [0.5, 0.6) is 5.75 Å². The second kappa shape index (κ2) is 5.50. The van der Waals surface area contributed by atoms with Crippen LogP contribution in [0.15, 0.2) is 18.2 Å². The van der Waals surface area contributed by atoms with Gasteiger partial charge in [-0.1, -0.05) is 6.92 Å². The summed E-state index contributed by atoms with van der Waals surface area (Å²) in [5.74, 6) is 1.32. The van der Waals surface area contributed by atoms with E-state index in [0.717, 1.165) is 24.5 Å². The van der Waals surface area contributed by atoms with E-state index in [1.807, 2.05) is 13.8 Å². The fraction of sp³-hybridized carbons (Fsp3) is 0.571. The van der Waals surface area contributed by atoms with Crippen molar-refractivity contribution < 1.29 is 9.13 Å². The zero-order valence-electron chi connectivity index (χ0n) is 10.5. The van der Waals surface area contributed by atoms with E-state index in [-0.39, 0.29) is 11.9 Å². The number of hydrogen-bond acceptors (Lipinski definition) is 2. The summed E-state index contributed by atoms with van der Waals surface area (Å²) in [5.41, 5.74) is 0.910. The van der Waals surface area contributed by atoms with E-state index in [0.29, 0.717) is 5.92 Å². The zero-order chi connectivity index (χ0) is 12.3. The smallest absolute Gasteiger partial charge is 0.124 e. The second-order valence-electron chi connectivity index (χ2n) is 4.72. The first kappa shape index (κ1) is 12.4. The predicted molar refractivity (Wildman–Crippen MR) is 66.7 cm³/mol. The predicted octanol–water partition coefficient (Wildman–Crippen LogP) is 3.29. The minimum Gasteiger partial charge on any atom is -0.493 e. The fourth-order valence-electron chi connectivity index (χ4n) is 1.90. The standard InChI is InChI=1S/C14H20FNO/c1-3-16-10(2)13-8-12(15)6-7-14(13)17-9-11-4-5-11/h6-8,10-11,16H,3-5,9H2,1-2H3. The first-order valence-electron chi connectivity index (χ1n) is 6.36. The average molecular weight is 237 g/mol. The van der Waals surface area contributed by atoms with Crippen LogP contribution in [0.25, 0.3) is 0 Å². The molecule has 1 saturated carbocycles. The lowest BCUT2D eigenvalue weighted by Crippen LogP contribution is -2.19. The molecule has 94 valence electrons. The third kappa shape index (κ3) is 3.43. The Morgan fingerprint density at radius 2 is 2.24 bits per heavy atom. The van der Waals surface area contributed by atoms with Crippen molar-refractivity contribution in [3.05, 3.63) is 29.6 Å². The fourth-order valence-corrected chi connectivity index (χ4v) is 1.90. The molecule has 1 aliphatic carbocycles. The lowest BCUT2D eigenvalue weighted by molar-refractivity contribution is 0.293. The molecule has 1 atom stereocenters.